The molecule has 0 aliphatic rings. The van der Waals surface area contributed by atoms with Gasteiger partial charge >= 0.3 is 0 Å². The molecule has 0 spiro atoms. The van der Waals surface area contributed by atoms with E-state index in [0.29, 0.717) is 5.57 Å². The molecule has 2 rings (SSSR count). The van der Waals surface area contributed by atoms with Crippen LogP contribution in [0.3, 0.4) is 0 Å². The molecule has 0 radical (unpaired) electrons. The topological polar surface area (TPSA) is 17.1 Å². The van der Waals surface area contributed by atoms with Gasteiger partial charge in [0.05, 0.1) is 0 Å². The van der Waals surface area contributed by atoms with E-state index in [1.165, 1.54) is 0 Å². The highest BCUT2D eigenvalue weighted by Crippen LogP contribution is 2.15. The molecular weight excluding hydrogens is 232 g/mol. The third kappa shape index (κ3) is 3.58. The lowest BCUT2D eigenvalue weighted by Gasteiger charge is -2.00. The predicted molar refractivity (Wildman–Crippen MR) is 74.1 cm³/mol. The highest BCUT2D eigenvalue weighted by Gasteiger charge is 1.98. The Balaban J connectivity index is 0.00000144. The summed E-state index contributed by atoms with van der Waals surface area (Å²) >= 11 is 0. The Bertz CT molecular complexity index is 489. The Kier molecular flexibility index (Phi) is 5.18. The highest BCUT2D eigenvalue weighted by molar-refractivity contribution is 6.13. The lowest BCUT2D eigenvalue weighted by molar-refractivity contribution is -0.103. The number of rotatable bonds is 3. The third-order valence-corrected chi connectivity index (χ3v) is 2.36. The van der Waals surface area contributed by atoms with E-state index in [0.717, 1.165) is 17.4 Å². The summed E-state index contributed by atoms with van der Waals surface area (Å²) in [5, 5.41) is 0. The van der Waals surface area contributed by atoms with Crippen LogP contribution in [0.15, 0.2) is 60.7 Å². The molecule has 0 amide bonds. The lowest BCUT2D eigenvalue weighted by atomic mass is 10.0. The second kappa shape index (κ2) is 6.66. The van der Waals surface area contributed by atoms with Crippen LogP contribution in [0, 0.1) is 0 Å². The normalized spacial score (nSPS) is 10.5. The van der Waals surface area contributed by atoms with Gasteiger partial charge in [-0.15, -0.1) is 12.4 Å². The fraction of sp³-hybridized carbons (Fsp3) is 0. The number of hydrogen-bond acceptors (Lipinski definition) is 1. The Labute approximate surface area is 107 Å². The zero-order chi connectivity index (χ0) is 11.2. The van der Waals surface area contributed by atoms with E-state index < -0.39 is 0 Å². The molecule has 0 saturated carbocycles. The zero-order valence-corrected chi connectivity index (χ0v) is 10.1. The van der Waals surface area contributed by atoms with Crippen molar-refractivity contribution < 1.29 is 4.79 Å². The van der Waals surface area contributed by atoms with Gasteiger partial charge in [0.1, 0.15) is 0 Å². The van der Waals surface area contributed by atoms with Crippen molar-refractivity contribution in [3.8, 4) is 0 Å². The largest absolute Gasteiger partial charge is 0.298 e. The standard InChI is InChI=1S/C15H12O.ClH/c16-12-15(14-9-5-2-6-10-14)11-13-7-3-1-4-8-13;/h1-12H;1H. The van der Waals surface area contributed by atoms with E-state index >= 15 is 0 Å². The van der Waals surface area contributed by atoms with Crippen LogP contribution < -0.4 is 0 Å². The Morgan fingerprint density at radius 2 is 1.35 bits per heavy atom. The first-order chi connectivity index (χ1) is 7.90. The molecule has 0 bridgehead atoms. The summed E-state index contributed by atoms with van der Waals surface area (Å²) in [5.74, 6) is 0. The first-order valence-electron chi connectivity index (χ1n) is 5.17. The van der Waals surface area contributed by atoms with Gasteiger partial charge < -0.3 is 0 Å². The van der Waals surface area contributed by atoms with Gasteiger partial charge in [0.15, 0.2) is 6.29 Å². The van der Waals surface area contributed by atoms with Crippen molar-refractivity contribution >= 4 is 30.3 Å². The Hall–Kier alpha value is -1.86. The monoisotopic (exact) mass is 244 g/mol. The summed E-state index contributed by atoms with van der Waals surface area (Å²) in [6.45, 7) is 0. The number of halogens is 1. The Morgan fingerprint density at radius 1 is 0.824 bits per heavy atom. The number of hydrogen-bond donors (Lipinski definition) is 0. The molecule has 0 saturated heterocycles. The molecule has 86 valence electrons. The van der Waals surface area contributed by atoms with Gasteiger partial charge in [0.25, 0.3) is 0 Å². The van der Waals surface area contributed by atoms with Crippen molar-refractivity contribution in [1.82, 2.24) is 0 Å². The molecule has 0 unspecified atom stereocenters. The molecule has 17 heavy (non-hydrogen) atoms. The SMILES string of the molecule is Cl.O=CC(=Cc1ccccc1)c1ccccc1. The van der Waals surface area contributed by atoms with Gasteiger partial charge in [-0.3, -0.25) is 4.79 Å². The van der Waals surface area contributed by atoms with E-state index in [1.807, 2.05) is 66.7 Å². The minimum atomic E-state index is 0. The molecule has 0 aliphatic heterocycles. The average Bonchev–Trinajstić information content (AvgIpc) is 2.38. The van der Waals surface area contributed by atoms with Crippen LogP contribution in [-0.4, -0.2) is 6.29 Å². The third-order valence-electron chi connectivity index (χ3n) is 2.36. The molecule has 2 aromatic carbocycles. The zero-order valence-electron chi connectivity index (χ0n) is 9.24. The smallest absolute Gasteiger partial charge is 0.150 e. The van der Waals surface area contributed by atoms with Crippen LogP contribution in [0.1, 0.15) is 11.1 Å². The van der Waals surface area contributed by atoms with E-state index in [9.17, 15) is 4.79 Å². The summed E-state index contributed by atoms with van der Waals surface area (Å²) in [6, 6.07) is 19.5. The number of carbonyl (C=O) groups excluding carboxylic acids is 1. The van der Waals surface area contributed by atoms with Gasteiger partial charge in [0, 0.05) is 5.57 Å². The van der Waals surface area contributed by atoms with Gasteiger partial charge in [-0.1, -0.05) is 60.7 Å². The maximum absolute atomic E-state index is 11.0. The van der Waals surface area contributed by atoms with Crippen molar-refractivity contribution in [2.24, 2.45) is 0 Å². The van der Waals surface area contributed by atoms with Crippen molar-refractivity contribution in [1.29, 1.82) is 0 Å². The molecule has 2 aromatic rings. The van der Waals surface area contributed by atoms with Crippen molar-refractivity contribution in [3.63, 3.8) is 0 Å². The first-order valence-corrected chi connectivity index (χ1v) is 5.17. The molecule has 0 atom stereocenters. The van der Waals surface area contributed by atoms with Crippen LogP contribution in [0.2, 0.25) is 0 Å². The summed E-state index contributed by atoms with van der Waals surface area (Å²) in [4.78, 5) is 11.0. The first kappa shape index (κ1) is 13.2. The predicted octanol–water partition coefficient (Wildman–Crippen LogP) is 3.85. The van der Waals surface area contributed by atoms with Crippen LogP contribution >= 0.6 is 12.4 Å². The minimum absolute atomic E-state index is 0. The number of carbonyl (C=O) groups is 1. The molecule has 2 heteroatoms. The van der Waals surface area contributed by atoms with Crippen LogP contribution in [0.25, 0.3) is 11.6 Å². The number of benzene rings is 2. The fourth-order valence-electron chi connectivity index (χ4n) is 1.54. The lowest BCUT2D eigenvalue weighted by Crippen LogP contribution is -1.85. The Morgan fingerprint density at radius 3 is 1.88 bits per heavy atom. The van der Waals surface area contributed by atoms with Gasteiger partial charge in [0.2, 0.25) is 0 Å². The van der Waals surface area contributed by atoms with E-state index in [-0.39, 0.29) is 12.4 Å². The molecule has 0 heterocycles. The van der Waals surface area contributed by atoms with Crippen molar-refractivity contribution in [2.45, 2.75) is 0 Å². The molecule has 0 N–H and O–H groups in total. The van der Waals surface area contributed by atoms with Gasteiger partial charge in [-0.25, -0.2) is 0 Å². The summed E-state index contributed by atoms with van der Waals surface area (Å²) in [5.41, 5.74) is 2.68. The van der Waals surface area contributed by atoms with E-state index in [4.69, 9.17) is 0 Å². The molecule has 0 aromatic heterocycles. The summed E-state index contributed by atoms with van der Waals surface area (Å²) in [7, 11) is 0. The molecule has 0 aliphatic carbocycles. The molecule has 0 fully saturated rings. The minimum Gasteiger partial charge on any atom is -0.298 e. The second-order valence-corrected chi connectivity index (χ2v) is 3.49. The van der Waals surface area contributed by atoms with Crippen LogP contribution in [0.5, 0.6) is 0 Å². The fourth-order valence-corrected chi connectivity index (χ4v) is 1.54. The maximum atomic E-state index is 11.0. The van der Waals surface area contributed by atoms with Crippen LogP contribution in [-0.2, 0) is 4.79 Å². The quantitative estimate of drug-likeness (QED) is 0.455. The molecule has 1 nitrogen and oxygen atoms in total. The van der Waals surface area contributed by atoms with Crippen molar-refractivity contribution in [3.05, 3.63) is 71.8 Å². The van der Waals surface area contributed by atoms with E-state index in [1.54, 1.807) is 0 Å². The van der Waals surface area contributed by atoms with E-state index in [2.05, 4.69) is 0 Å². The number of allylic oxidation sites excluding steroid dienone is 1. The second-order valence-electron chi connectivity index (χ2n) is 3.49. The highest BCUT2D eigenvalue weighted by atomic mass is 35.5. The van der Waals surface area contributed by atoms with Gasteiger partial charge in [-0.05, 0) is 17.2 Å². The van der Waals surface area contributed by atoms with Crippen molar-refractivity contribution in [2.75, 3.05) is 0 Å². The van der Waals surface area contributed by atoms with Gasteiger partial charge in [-0.2, -0.15) is 0 Å². The molecular formula is C15H13ClO. The summed E-state index contributed by atoms with van der Waals surface area (Å²) < 4.78 is 0. The average molecular weight is 245 g/mol. The number of aldehydes is 1. The summed E-state index contributed by atoms with van der Waals surface area (Å²) in [6.07, 6.45) is 2.78. The maximum Gasteiger partial charge on any atom is 0.150 e. The van der Waals surface area contributed by atoms with Crippen LogP contribution in [0.4, 0.5) is 0 Å².